The van der Waals surface area contributed by atoms with Gasteiger partial charge in [-0.25, -0.2) is 0 Å². The van der Waals surface area contributed by atoms with Gasteiger partial charge in [0.25, 0.3) is 0 Å². The second kappa shape index (κ2) is 6.91. The molecule has 1 N–H and O–H groups in total. The quantitative estimate of drug-likeness (QED) is 0.647. The molecular formula is C21H27NO5. The Kier molecular flexibility index (Phi) is 5.32. The molecule has 146 valence electrons. The van der Waals surface area contributed by atoms with Crippen molar-refractivity contribution in [2.24, 2.45) is 17.3 Å². The van der Waals surface area contributed by atoms with E-state index in [1.54, 1.807) is 26.8 Å². The first-order valence-electron chi connectivity index (χ1n) is 8.95. The summed E-state index contributed by atoms with van der Waals surface area (Å²) in [5.74, 6) is -5.40. The standard InChI is InChI=1S/C21H27NO5/c1-11-8-9-12(2)13(10-11)22-18(25)14(16(23)20(3,4)5)15-17(24)21(6,7)27-19(15)26/h8-10,14-15H,1-7H3,(H,22,25). The lowest BCUT2D eigenvalue weighted by Gasteiger charge is -2.26. The van der Waals surface area contributed by atoms with Crippen molar-refractivity contribution in [2.75, 3.05) is 5.32 Å². The van der Waals surface area contributed by atoms with E-state index in [1.165, 1.54) is 13.8 Å². The third-order valence-electron chi connectivity index (χ3n) is 4.77. The summed E-state index contributed by atoms with van der Waals surface area (Å²) in [4.78, 5) is 51.2. The van der Waals surface area contributed by atoms with Crippen LogP contribution in [0.15, 0.2) is 18.2 Å². The molecule has 0 aromatic heterocycles. The third kappa shape index (κ3) is 4.10. The Hall–Kier alpha value is -2.50. The van der Waals surface area contributed by atoms with Crippen LogP contribution in [0.3, 0.4) is 0 Å². The topological polar surface area (TPSA) is 89.5 Å². The average molecular weight is 373 g/mol. The Labute approximate surface area is 159 Å². The van der Waals surface area contributed by atoms with Crippen LogP contribution in [0, 0.1) is 31.1 Å². The predicted octanol–water partition coefficient (Wildman–Crippen LogP) is 2.99. The molecule has 0 aliphatic carbocycles. The molecule has 0 saturated carbocycles. The van der Waals surface area contributed by atoms with Gasteiger partial charge in [-0.15, -0.1) is 0 Å². The number of Topliss-reactive ketones (excluding diaryl/α,β-unsaturated/α-hetero) is 2. The molecule has 1 aliphatic rings. The zero-order valence-electron chi connectivity index (χ0n) is 16.9. The number of nitrogens with one attached hydrogen (secondary N) is 1. The Balaban J connectivity index is 2.46. The van der Waals surface area contributed by atoms with Crippen molar-refractivity contribution < 1.29 is 23.9 Å². The summed E-state index contributed by atoms with van der Waals surface area (Å²) in [5, 5.41) is 2.73. The van der Waals surface area contributed by atoms with E-state index in [0.717, 1.165) is 11.1 Å². The van der Waals surface area contributed by atoms with Crippen LogP contribution in [0.2, 0.25) is 0 Å². The molecule has 0 spiro atoms. The lowest BCUT2D eigenvalue weighted by Crippen LogP contribution is -2.46. The number of esters is 1. The first kappa shape index (κ1) is 20.8. The van der Waals surface area contributed by atoms with Crippen LogP contribution in [0.5, 0.6) is 0 Å². The summed E-state index contributed by atoms with van der Waals surface area (Å²) >= 11 is 0. The highest BCUT2D eigenvalue weighted by Crippen LogP contribution is 2.36. The molecule has 2 atom stereocenters. The number of amides is 1. The first-order valence-corrected chi connectivity index (χ1v) is 8.95. The molecule has 1 heterocycles. The molecule has 1 amide bonds. The van der Waals surface area contributed by atoms with Gasteiger partial charge < -0.3 is 10.1 Å². The van der Waals surface area contributed by atoms with Crippen LogP contribution >= 0.6 is 0 Å². The van der Waals surface area contributed by atoms with Gasteiger partial charge in [-0.3, -0.25) is 19.2 Å². The van der Waals surface area contributed by atoms with Gasteiger partial charge in [-0.05, 0) is 44.9 Å². The smallest absolute Gasteiger partial charge is 0.318 e. The van der Waals surface area contributed by atoms with E-state index in [0.29, 0.717) is 5.69 Å². The highest BCUT2D eigenvalue weighted by molar-refractivity contribution is 6.19. The van der Waals surface area contributed by atoms with Gasteiger partial charge in [0.1, 0.15) is 11.8 Å². The summed E-state index contributed by atoms with van der Waals surface area (Å²) in [6.07, 6.45) is 0. The minimum absolute atomic E-state index is 0.474. The highest BCUT2D eigenvalue weighted by Gasteiger charge is 2.57. The first-order chi connectivity index (χ1) is 12.3. The fourth-order valence-electron chi connectivity index (χ4n) is 3.10. The average Bonchev–Trinajstić information content (AvgIpc) is 2.72. The summed E-state index contributed by atoms with van der Waals surface area (Å²) < 4.78 is 5.14. The number of anilines is 1. The van der Waals surface area contributed by atoms with Gasteiger partial charge in [0, 0.05) is 11.1 Å². The number of benzene rings is 1. The minimum atomic E-state index is -1.44. The van der Waals surface area contributed by atoms with E-state index in [2.05, 4.69) is 5.32 Å². The van der Waals surface area contributed by atoms with E-state index in [4.69, 9.17) is 4.74 Å². The Bertz CT molecular complexity index is 816. The summed E-state index contributed by atoms with van der Waals surface area (Å²) in [5.41, 5.74) is 0.0442. The maximum Gasteiger partial charge on any atom is 0.318 e. The van der Waals surface area contributed by atoms with Gasteiger partial charge >= 0.3 is 5.97 Å². The number of ether oxygens (including phenoxy) is 1. The molecular weight excluding hydrogens is 346 g/mol. The van der Waals surface area contributed by atoms with Crippen molar-refractivity contribution >= 4 is 29.1 Å². The lowest BCUT2D eigenvalue weighted by molar-refractivity contribution is -0.153. The molecule has 27 heavy (non-hydrogen) atoms. The second-order valence-corrected chi connectivity index (χ2v) is 8.67. The molecule has 2 rings (SSSR count). The molecule has 6 nitrogen and oxygen atoms in total. The number of rotatable bonds is 4. The molecule has 1 aliphatic heterocycles. The molecule has 0 bridgehead atoms. The number of hydrogen-bond donors (Lipinski definition) is 1. The number of carbonyl (C=O) groups is 4. The second-order valence-electron chi connectivity index (χ2n) is 8.67. The van der Waals surface area contributed by atoms with E-state index in [-0.39, 0.29) is 0 Å². The fraction of sp³-hybridized carbons (Fsp3) is 0.524. The van der Waals surface area contributed by atoms with Crippen molar-refractivity contribution in [2.45, 2.75) is 54.1 Å². The number of aryl methyl sites for hydroxylation is 2. The molecule has 0 radical (unpaired) electrons. The van der Waals surface area contributed by atoms with Crippen molar-refractivity contribution in [3.8, 4) is 0 Å². The van der Waals surface area contributed by atoms with E-state index >= 15 is 0 Å². The summed E-state index contributed by atoms with van der Waals surface area (Å²) in [6, 6.07) is 5.54. The third-order valence-corrected chi connectivity index (χ3v) is 4.77. The zero-order valence-corrected chi connectivity index (χ0v) is 16.9. The van der Waals surface area contributed by atoms with Gasteiger partial charge in [-0.2, -0.15) is 0 Å². The Morgan fingerprint density at radius 1 is 1.15 bits per heavy atom. The SMILES string of the molecule is Cc1ccc(C)c(NC(=O)C(C(=O)C(C)(C)C)C2C(=O)OC(C)(C)C2=O)c1. The number of hydrogen-bond acceptors (Lipinski definition) is 5. The number of carbonyl (C=O) groups excluding carboxylic acids is 4. The van der Waals surface area contributed by atoms with Crippen LogP contribution in [-0.2, 0) is 23.9 Å². The highest BCUT2D eigenvalue weighted by atomic mass is 16.6. The van der Waals surface area contributed by atoms with Crippen molar-refractivity contribution in [1.82, 2.24) is 0 Å². The Morgan fingerprint density at radius 2 is 1.74 bits per heavy atom. The van der Waals surface area contributed by atoms with E-state index in [1.807, 2.05) is 26.0 Å². The largest absolute Gasteiger partial charge is 0.451 e. The molecule has 1 aromatic carbocycles. The summed E-state index contributed by atoms with van der Waals surface area (Å²) in [7, 11) is 0. The maximum atomic E-state index is 13.1. The molecule has 1 fully saturated rings. The fourth-order valence-corrected chi connectivity index (χ4v) is 3.10. The van der Waals surface area contributed by atoms with Gasteiger partial charge in [0.15, 0.2) is 17.2 Å². The van der Waals surface area contributed by atoms with Gasteiger partial charge in [0.05, 0.1) is 0 Å². The maximum absolute atomic E-state index is 13.1. The number of ketones is 2. The van der Waals surface area contributed by atoms with Crippen LogP contribution in [0.25, 0.3) is 0 Å². The van der Waals surface area contributed by atoms with Gasteiger partial charge in [0.2, 0.25) is 5.91 Å². The molecule has 6 heteroatoms. The molecule has 1 saturated heterocycles. The van der Waals surface area contributed by atoms with Crippen molar-refractivity contribution in [1.29, 1.82) is 0 Å². The lowest BCUT2D eigenvalue weighted by atomic mass is 9.74. The van der Waals surface area contributed by atoms with Crippen LogP contribution < -0.4 is 5.32 Å². The van der Waals surface area contributed by atoms with Crippen LogP contribution in [-0.4, -0.2) is 29.0 Å². The minimum Gasteiger partial charge on any atom is -0.451 e. The van der Waals surface area contributed by atoms with Crippen LogP contribution in [0.4, 0.5) is 5.69 Å². The number of cyclic esters (lactones) is 1. The zero-order chi connectivity index (χ0) is 20.7. The van der Waals surface area contributed by atoms with E-state index < -0.39 is 46.3 Å². The monoisotopic (exact) mass is 373 g/mol. The van der Waals surface area contributed by atoms with Crippen molar-refractivity contribution in [3.63, 3.8) is 0 Å². The Morgan fingerprint density at radius 3 is 2.22 bits per heavy atom. The normalized spacial score (nSPS) is 20.2. The molecule has 2 unspecified atom stereocenters. The predicted molar refractivity (Wildman–Crippen MR) is 101 cm³/mol. The molecule has 1 aromatic rings. The van der Waals surface area contributed by atoms with E-state index in [9.17, 15) is 19.2 Å². The van der Waals surface area contributed by atoms with Crippen LogP contribution in [0.1, 0.15) is 45.7 Å². The van der Waals surface area contributed by atoms with Gasteiger partial charge in [-0.1, -0.05) is 32.9 Å². The summed E-state index contributed by atoms with van der Waals surface area (Å²) in [6.45, 7) is 11.6. The van der Waals surface area contributed by atoms with Crippen molar-refractivity contribution in [3.05, 3.63) is 29.3 Å².